The fourth-order valence-corrected chi connectivity index (χ4v) is 1.83. The molecule has 0 saturated carbocycles. The second-order valence-electron chi connectivity index (χ2n) is 5.64. The van der Waals surface area contributed by atoms with Crippen LogP contribution >= 0.6 is 0 Å². The maximum absolute atomic E-state index is 5.79. The molecule has 3 N–H and O–H groups in total. The molecule has 0 aliphatic heterocycles. The van der Waals surface area contributed by atoms with Crippen molar-refractivity contribution in [2.24, 2.45) is 5.84 Å². The Hall–Kier alpha value is -0.900. The van der Waals surface area contributed by atoms with E-state index in [1.165, 1.54) is 11.1 Å². The molecule has 0 spiro atoms. The highest BCUT2D eigenvalue weighted by Crippen LogP contribution is 2.18. The van der Waals surface area contributed by atoms with Crippen molar-refractivity contribution in [1.29, 1.82) is 0 Å². The lowest BCUT2D eigenvalue weighted by molar-refractivity contribution is -0.0148. The van der Waals surface area contributed by atoms with Crippen LogP contribution in [-0.4, -0.2) is 12.2 Å². The number of hydrazine groups is 1. The van der Waals surface area contributed by atoms with Gasteiger partial charge < -0.3 is 4.74 Å². The number of nitrogens with two attached hydrogens (primary N) is 1. The predicted molar refractivity (Wildman–Crippen MR) is 76.2 cm³/mol. The number of rotatable bonds is 6. The number of hydrogen-bond acceptors (Lipinski definition) is 3. The third-order valence-electron chi connectivity index (χ3n) is 2.78. The van der Waals surface area contributed by atoms with Crippen LogP contribution in [0.5, 0.6) is 0 Å². The zero-order valence-corrected chi connectivity index (χ0v) is 12.0. The molecule has 0 radical (unpaired) electrons. The predicted octanol–water partition coefficient (Wildman–Crippen LogP) is 2.96. The summed E-state index contributed by atoms with van der Waals surface area (Å²) in [6.45, 7) is 8.92. The molecule has 1 rings (SSSR count). The van der Waals surface area contributed by atoms with Crippen LogP contribution in [0.3, 0.4) is 0 Å². The summed E-state index contributed by atoms with van der Waals surface area (Å²) in [7, 11) is 0. The second kappa shape index (κ2) is 6.88. The first-order valence-electron chi connectivity index (χ1n) is 6.65. The minimum Gasteiger partial charge on any atom is -0.374 e. The van der Waals surface area contributed by atoms with E-state index in [2.05, 4.69) is 36.6 Å². The Labute approximate surface area is 111 Å². The molecule has 0 saturated heterocycles. The van der Waals surface area contributed by atoms with E-state index < -0.39 is 0 Å². The molecule has 18 heavy (non-hydrogen) atoms. The van der Waals surface area contributed by atoms with Gasteiger partial charge in [-0.15, -0.1) is 0 Å². The van der Waals surface area contributed by atoms with Crippen LogP contribution < -0.4 is 11.3 Å². The van der Waals surface area contributed by atoms with Crippen molar-refractivity contribution in [3.63, 3.8) is 0 Å². The van der Waals surface area contributed by atoms with Crippen LogP contribution in [0.2, 0.25) is 0 Å². The maximum Gasteiger partial charge on any atom is 0.0694 e. The molecule has 0 amide bonds. The van der Waals surface area contributed by atoms with Gasteiger partial charge >= 0.3 is 0 Å². The second-order valence-corrected chi connectivity index (χ2v) is 5.64. The topological polar surface area (TPSA) is 47.3 Å². The van der Waals surface area contributed by atoms with Crippen molar-refractivity contribution in [3.05, 3.63) is 35.4 Å². The van der Waals surface area contributed by atoms with Gasteiger partial charge in [-0.25, -0.2) is 0 Å². The van der Waals surface area contributed by atoms with E-state index in [1.807, 2.05) is 20.8 Å². The van der Waals surface area contributed by atoms with Gasteiger partial charge in [0.1, 0.15) is 0 Å². The van der Waals surface area contributed by atoms with Gasteiger partial charge in [0, 0.05) is 0 Å². The van der Waals surface area contributed by atoms with Crippen molar-refractivity contribution in [2.45, 2.75) is 52.2 Å². The van der Waals surface area contributed by atoms with Crippen molar-refractivity contribution < 1.29 is 4.74 Å². The number of nitrogens with one attached hydrogen (secondary N) is 1. The smallest absolute Gasteiger partial charge is 0.0694 e. The highest BCUT2D eigenvalue weighted by molar-refractivity contribution is 5.26. The van der Waals surface area contributed by atoms with E-state index in [1.54, 1.807) is 0 Å². The Kier molecular flexibility index (Phi) is 5.79. The van der Waals surface area contributed by atoms with E-state index >= 15 is 0 Å². The summed E-state index contributed by atoms with van der Waals surface area (Å²) in [5.41, 5.74) is 5.23. The molecular weight excluding hydrogens is 224 g/mol. The summed E-state index contributed by atoms with van der Waals surface area (Å²) in [5, 5.41) is 0. The molecule has 0 aromatic heterocycles. The Morgan fingerprint density at radius 1 is 1.33 bits per heavy atom. The first-order valence-corrected chi connectivity index (χ1v) is 6.65. The molecule has 0 aliphatic rings. The number of aryl methyl sites for hydroxylation is 1. The molecule has 0 aliphatic carbocycles. The molecule has 1 aromatic rings. The average Bonchev–Trinajstić information content (AvgIpc) is 2.29. The van der Waals surface area contributed by atoms with Crippen LogP contribution in [-0.2, 0) is 11.2 Å². The third-order valence-corrected chi connectivity index (χ3v) is 2.78. The first kappa shape index (κ1) is 15.2. The Morgan fingerprint density at radius 3 is 2.61 bits per heavy atom. The summed E-state index contributed by atoms with van der Waals surface area (Å²) in [5.74, 6) is 5.63. The standard InChI is InChI=1S/C15H26N2O/c1-5-7-12-8-6-9-13(10-12)14(17-16)11-18-15(2,3)4/h6,8-10,14,17H,5,7,11,16H2,1-4H3. The van der Waals surface area contributed by atoms with E-state index in [0.29, 0.717) is 6.61 Å². The fourth-order valence-electron chi connectivity index (χ4n) is 1.83. The molecule has 1 unspecified atom stereocenters. The molecule has 1 aromatic carbocycles. The fraction of sp³-hybridized carbons (Fsp3) is 0.600. The zero-order chi connectivity index (χ0) is 13.6. The first-order chi connectivity index (χ1) is 8.46. The number of benzene rings is 1. The lowest BCUT2D eigenvalue weighted by atomic mass is 10.0. The largest absolute Gasteiger partial charge is 0.374 e. The summed E-state index contributed by atoms with van der Waals surface area (Å²) in [4.78, 5) is 0. The van der Waals surface area contributed by atoms with Crippen LogP contribution in [0, 0.1) is 0 Å². The van der Waals surface area contributed by atoms with Crippen LogP contribution in [0.15, 0.2) is 24.3 Å². The minimum absolute atomic E-state index is 0.0426. The molecule has 1 atom stereocenters. The molecule has 3 nitrogen and oxygen atoms in total. The quantitative estimate of drug-likeness (QED) is 0.603. The van der Waals surface area contributed by atoms with Gasteiger partial charge in [-0.1, -0.05) is 37.6 Å². The van der Waals surface area contributed by atoms with Crippen molar-refractivity contribution >= 4 is 0 Å². The Morgan fingerprint density at radius 2 is 2.06 bits per heavy atom. The van der Waals surface area contributed by atoms with E-state index in [-0.39, 0.29) is 11.6 Å². The van der Waals surface area contributed by atoms with Gasteiger partial charge in [-0.3, -0.25) is 11.3 Å². The van der Waals surface area contributed by atoms with Gasteiger partial charge in [-0.05, 0) is 38.3 Å². The van der Waals surface area contributed by atoms with Gasteiger partial charge in [0.25, 0.3) is 0 Å². The van der Waals surface area contributed by atoms with Crippen molar-refractivity contribution in [3.8, 4) is 0 Å². The van der Waals surface area contributed by atoms with Gasteiger partial charge in [0.05, 0.1) is 18.2 Å². The zero-order valence-electron chi connectivity index (χ0n) is 12.0. The van der Waals surface area contributed by atoms with Crippen molar-refractivity contribution in [1.82, 2.24) is 5.43 Å². The van der Waals surface area contributed by atoms with Crippen molar-refractivity contribution in [2.75, 3.05) is 6.61 Å². The van der Waals surface area contributed by atoms with E-state index in [4.69, 9.17) is 10.6 Å². The Balaban J connectivity index is 2.72. The normalized spacial score (nSPS) is 13.6. The summed E-state index contributed by atoms with van der Waals surface area (Å²) in [6, 6.07) is 8.59. The maximum atomic E-state index is 5.79. The van der Waals surface area contributed by atoms with Crippen LogP contribution in [0.1, 0.15) is 51.3 Å². The van der Waals surface area contributed by atoms with E-state index in [0.717, 1.165) is 12.8 Å². The summed E-state index contributed by atoms with van der Waals surface area (Å²) in [6.07, 6.45) is 2.26. The molecule has 0 heterocycles. The Bertz CT molecular complexity index is 358. The monoisotopic (exact) mass is 250 g/mol. The summed E-state index contributed by atoms with van der Waals surface area (Å²) < 4.78 is 5.79. The van der Waals surface area contributed by atoms with Gasteiger partial charge in [0.2, 0.25) is 0 Å². The highest BCUT2D eigenvalue weighted by atomic mass is 16.5. The molecule has 3 heteroatoms. The van der Waals surface area contributed by atoms with Crippen LogP contribution in [0.4, 0.5) is 0 Å². The molecule has 102 valence electrons. The van der Waals surface area contributed by atoms with Gasteiger partial charge in [0.15, 0.2) is 0 Å². The SMILES string of the molecule is CCCc1cccc(C(COC(C)(C)C)NN)c1. The molecule has 0 bridgehead atoms. The highest BCUT2D eigenvalue weighted by Gasteiger charge is 2.16. The lowest BCUT2D eigenvalue weighted by Crippen LogP contribution is -2.34. The average molecular weight is 250 g/mol. The third kappa shape index (κ3) is 5.17. The molecular formula is C15H26N2O. The molecule has 0 fully saturated rings. The lowest BCUT2D eigenvalue weighted by Gasteiger charge is -2.24. The number of hydrogen-bond donors (Lipinski definition) is 2. The van der Waals surface area contributed by atoms with E-state index in [9.17, 15) is 0 Å². The summed E-state index contributed by atoms with van der Waals surface area (Å²) >= 11 is 0. The van der Waals surface area contributed by atoms with Gasteiger partial charge in [-0.2, -0.15) is 0 Å². The minimum atomic E-state index is -0.143. The van der Waals surface area contributed by atoms with Crippen LogP contribution in [0.25, 0.3) is 0 Å². The number of ether oxygens (including phenoxy) is 1.